The van der Waals surface area contributed by atoms with E-state index in [2.05, 4.69) is 38.3 Å². The number of alkyl halides is 3. The van der Waals surface area contributed by atoms with Gasteiger partial charge >= 0.3 is 6.18 Å². The Hall–Kier alpha value is -4.21. The van der Waals surface area contributed by atoms with Crippen LogP contribution in [-0.2, 0) is 24.1 Å². The molecule has 3 aromatic carbocycles. The molecule has 172 valence electrons. The van der Waals surface area contributed by atoms with Gasteiger partial charge in [-0.2, -0.15) is 18.0 Å². The number of amides is 1. The largest absolute Gasteiger partial charge is 0.416 e. The quantitative estimate of drug-likeness (QED) is 0.391. The number of nitrogens with zero attached hydrogens (tertiary/aromatic N) is 5. The molecule has 0 fully saturated rings. The number of carbonyl (C=O) groups is 1. The molecule has 0 aliphatic carbocycles. The lowest BCUT2D eigenvalue weighted by Gasteiger charge is -2.07. The van der Waals surface area contributed by atoms with Crippen molar-refractivity contribution in [2.75, 3.05) is 5.32 Å². The Bertz CT molecular complexity index is 1520. The van der Waals surface area contributed by atoms with Gasteiger partial charge in [0.15, 0.2) is 0 Å². The Balaban J connectivity index is 1.34. The molecule has 34 heavy (non-hydrogen) atoms. The zero-order valence-electron chi connectivity index (χ0n) is 18.0. The third-order valence-corrected chi connectivity index (χ3v) is 5.56. The van der Waals surface area contributed by atoms with Crippen LogP contribution in [0.4, 0.5) is 18.9 Å². The molecule has 0 spiro atoms. The van der Waals surface area contributed by atoms with Gasteiger partial charge < -0.3 is 9.88 Å². The van der Waals surface area contributed by atoms with Crippen LogP contribution in [0.2, 0.25) is 0 Å². The lowest BCUT2D eigenvalue weighted by molar-refractivity contribution is -0.137. The zero-order valence-corrected chi connectivity index (χ0v) is 18.0. The molecule has 5 aromatic rings. The highest BCUT2D eigenvalue weighted by Gasteiger charge is 2.30. The Morgan fingerprint density at radius 1 is 0.971 bits per heavy atom. The first-order valence-corrected chi connectivity index (χ1v) is 10.6. The summed E-state index contributed by atoms with van der Waals surface area (Å²) in [7, 11) is 0. The number of hydrogen-bond donors (Lipinski definition) is 1. The summed E-state index contributed by atoms with van der Waals surface area (Å²) >= 11 is 0. The summed E-state index contributed by atoms with van der Waals surface area (Å²) in [5.41, 5.74) is 2.18. The SMILES string of the molecule is CCn1c2ccccc2c2cc(NC(=O)Cn3nnc(-c4cccc(C(F)(F)F)c4)n3)ccc21. The van der Waals surface area contributed by atoms with Crippen molar-refractivity contribution in [1.82, 2.24) is 24.8 Å². The van der Waals surface area contributed by atoms with Crippen molar-refractivity contribution in [2.24, 2.45) is 0 Å². The average Bonchev–Trinajstić information content (AvgIpc) is 3.40. The van der Waals surface area contributed by atoms with E-state index in [1.54, 1.807) is 0 Å². The van der Waals surface area contributed by atoms with E-state index in [0.717, 1.165) is 45.3 Å². The van der Waals surface area contributed by atoms with E-state index in [1.807, 2.05) is 36.4 Å². The third-order valence-electron chi connectivity index (χ3n) is 5.56. The second-order valence-corrected chi connectivity index (χ2v) is 7.76. The van der Waals surface area contributed by atoms with Gasteiger partial charge in [-0.25, -0.2) is 0 Å². The van der Waals surface area contributed by atoms with Crippen LogP contribution in [0.15, 0.2) is 66.7 Å². The number of aryl methyl sites for hydroxylation is 1. The van der Waals surface area contributed by atoms with Crippen molar-refractivity contribution in [2.45, 2.75) is 26.2 Å². The molecule has 0 aliphatic rings. The second kappa shape index (κ2) is 8.29. The first kappa shape index (κ1) is 21.6. The van der Waals surface area contributed by atoms with Crippen molar-refractivity contribution >= 4 is 33.4 Å². The number of benzene rings is 3. The van der Waals surface area contributed by atoms with E-state index in [0.29, 0.717) is 5.69 Å². The predicted octanol–water partition coefficient (Wildman–Crippen LogP) is 5.13. The van der Waals surface area contributed by atoms with Crippen LogP contribution in [0.5, 0.6) is 0 Å². The van der Waals surface area contributed by atoms with Crippen molar-refractivity contribution in [3.8, 4) is 11.4 Å². The number of rotatable bonds is 5. The molecule has 0 radical (unpaired) electrons. The lowest BCUT2D eigenvalue weighted by atomic mass is 10.1. The number of hydrogen-bond acceptors (Lipinski definition) is 4. The van der Waals surface area contributed by atoms with Gasteiger partial charge in [0.05, 0.1) is 5.56 Å². The number of fused-ring (bicyclic) bond motifs is 3. The minimum atomic E-state index is -4.48. The molecular formula is C24H19F3N6O. The van der Waals surface area contributed by atoms with Gasteiger partial charge in [-0.05, 0) is 48.5 Å². The fraction of sp³-hybridized carbons (Fsp3) is 0.167. The van der Waals surface area contributed by atoms with Crippen LogP contribution in [0, 0.1) is 0 Å². The fourth-order valence-corrected chi connectivity index (χ4v) is 4.06. The Morgan fingerprint density at radius 3 is 2.56 bits per heavy atom. The van der Waals surface area contributed by atoms with Gasteiger partial charge in [0, 0.05) is 39.6 Å². The van der Waals surface area contributed by atoms with Gasteiger partial charge in [0.1, 0.15) is 6.54 Å². The number of tetrazole rings is 1. The molecule has 5 rings (SSSR count). The molecule has 0 saturated heterocycles. The predicted molar refractivity (Wildman–Crippen MR) is 122 cm³/mol. The van der Waals surface area contributed by atoms with Crippen LogP contribution >= 0.6 is 0 Å². The minimum Gasteiger partial charge on any atom is -0.341 e. The van der Waals surface area contributed by atoms with Crippen LogP contribution in [0.25, 0.3) is 33.2 Å². The number of anilines is 1. The molecule has 1 amide bonds. The van der Waals surface area contributed by atoms with E-state index in [9.17, 15) is 18.0 Å². The summed E-state index contributed by atoms with van der Waals surface area (Å²) in [5.74, 6) is -0.376. The highest BCUT2D eigenvalue weighted by molar-refractivity contribution is 6.09. The third kappa shape index (κ3) is 3.98. The molecule has 0 atom stereocenters. The van der Waals surface area contributed by atoms with E-state index >= 15 is 0 Å². The smallest absolute Gasteiger partial charge is 0.341 e. The van der Waals surface area contributed by atoms with E-state index in [4.69, 9.17) is 0 Å². The molecule has 10 heteroatoms. The van der Waals surface area contributed by atoms with Crippen molar-refractivity contribution in [3.05, 3.63) is 72.3 Å². The topological polar surface area (TPSA) is 77.6 Å². The number of halogens is 3. The second-order valence-electron chi connectivity index (χ2n) is 7.76. The summed E-state index contributed by atoms with van der Waals surface area (Å²) in [5, 5.41) is 16.6. The lowest BCUT2D eigenvalue weighted by Crippen LogP contribution is -2.20. The molecule has 0 saturated carbocycles. The average molecular weight is 464 g/mol. The van der Waals surface area contributed by atoms with Crippen LogP contribution < -0.4 is 5.32 Å². The molecule has 1 N–H and O–H groups in total. The first-order valence-electron chi connectivity index (χ1n) is 10.6. The zero-order chi connectivity index (χ0) is 23.9. The van der Waals surface area contributed by atoms with Gasteiger partial charge in [-0.3, -0.25) is 4.79 Å². The molecule has 2 aromatic heterocycles. The maximum Gasteiger partial charge on any atom is 0.416 e. The molecular weight excluding hydrogens is 445 g/mol. The van der Waals surface area contributed by atoms with Crippen LogP contribution in [-0.4, -0.2) is 30.7 Å². The van der Waals surface area contributed by atoms with E-state index in [-0.39, 0.29) is 23.8 Å². The van der Waals surface area contributed by atoms with Crippen LogP contribution in [0.3, 0.4) is 0 Å². The van der Waals surface area contributed by atoms with E-state index in [1.165, 1.54) is 12.1 Å². The number of para-hydroxylation sites is 1. The van der Waals surface area contributed by atoms with Gasteiger partial charge in [0.25, 0.3) is 0 Å². The fourth-order valence-electron chi connectivity index (χ4n) is 4.06. The van der Waals surface area contributed by atoms with Gasteiger partial charge in [0.2, 0.25) is 11.7 Å². The maximum absolute atomic E-state index is 13.0. The molecule has 0 unspecified atom stereocenters. The van der Waals surface area contributed by atoms with Gasteiger partial charge in [-0.1, -0.05) is 30.3 Å². The number of carbonyl (C=O) groups excluding carboxylic acids is 1. The Labute approximate surface area is 191 Å². The summed E-state index contributed by atoms with van der Waals surface area (Å²) in [4.78, 5) is 13.6. The molecule has 7 nitrogen and oxygen atoms in total. The number of nitrogens with one attached hydrogen (secondary N) is 1. The highest BCUT2D eigenvalue weighted by atomic mass is 19.4. The van der Waals surface area contributed by atoms with Crippen LogP contribution in [0.1, 0.15) is 12.5 Å². The van der Waals surface area contributed by atoms with Crippen molar-refractivity contribution < 1.29 is 18.0 Å². The molecule has 0 aliphatic heterocycles. The van der Waals surface area contributed by atoms with Gasteiger partial charge in [-0.15, -0.1) is 10.2 Å². The Morgan fingerprint density at radius 2 is 1.76 bits per heavy atom. The minimum absolute atomic E-state index is 0.00712. The first-order chi connectivity index (χ1) is 16.3. The monoisotopic (exact) mass is 464 g/mol. The Kier molecular flexibility index (Phi) is 5.27. The molecule has 0 bridgehead atoms. The highest BCUT2D eigenvalue weighted by Crippen LogP contribution is 2.32. The normalized spacial score (nSPS) is 11.9. The number of aromatic nitrogens is 5. The van der Waals surface area contributed by atoms with E-state index < -0.39 is 11.7 Å². The summed E-state index contributed by atoms with van der Waals surface area (Å²) in [6, 6.07) is 18.4. The summed E-state index contributed by atoms with van der Waals surface area (Å²) in [6.45, 7) is 2.67. The standard InChI is InChI=1S/C24H19F3N6O/c1-2-32-20-9-4-3-8-18(20)19-13-17(10-11-21(19)32)28-22(34)14-33-30-23(29-31-33)15-6-5-7-16(12-15)24(25,26)27/h3-13H,2,14H2,1H3,(H,28,34). The maximum atomic E-state index is 13.0. The molecule has 2 heterocycles. The van der Waals surface area contributed by atoms with Crippen molar-refractivity contribution in [3.63, 3.8) is 0 Å². The summed E-state index contributed by atoms with van der Waals surface area (Å²) < 4.78 is 41.1. The van der Waals surface area contributed by atoms with Crippen molar-refractivity contribution in [1.29, 1.82) is 0 Å². The summed E-state index contributed by atoms with van der Waals surface area (Å²) in [6.07, 6.45) is -4.48.